The Hall–Kier alpha value is -2.22. The van der Waals surface area contributed by atoms with E-state index in [1.165, 1.54) is 0 Å². The van der Waals surface area contributed by atoms with E-state index in [2.05, 4.69) is 0 Å². The molecule has 162 valence electrons. The van der Waals surface area contributed by atoms with Gasteiger partial charge in [0.15, 0.2) is 0 Å². The van der Waals surface area contributed by atoms with Crippen molar-refractivity contribution in [1.29, 1.82) is 0 Å². The van der Waals surface area contributed by atoms with Gasteiger partial charge in [0.1, 0.15) is 6.54 Å². The Morgan fingerprint density at radius 2 is 1.84 bits per heavy atom. The summed E-state index contributed by atoms with van der Waals surface area (Å²) in [6.07, 6.45) is 3.61. The van der Waals surface area contributed by atoms with Crippen LogP contribution in [0.25, 0.3) is 11.8 Å². The van der Waals surface area contributed by atoms with Gasteiger partial charge in [-0.15, -0.1) is 0 Å². The summed E-state index contributed by atoms with van der Waals surface area (Å²) in [5.74, 6) is -0.622. The molecule has 2 fully saturated rings. The van der Waals surface area contributed by atoms with Gasteiger partial charge in [-0.1, -0.05) is 23.2 Å². The Bertz CT molecular complexity index is 1120. The fraction of sp³-hybridized carbons (Fsp3) is 0.318. The molecule has 4 rings (SSSR count). The third-order valence-corrected chi connectivity index (χ3v) is 6.99. The molecule has 9 heteroatoms. The molecule has 2 saturated heterocycles. The van der Waals surface area contributed by atoms with E-state index in [1.807, 2.05) is 24.5 Å². The number of carbonyl (C=O) groups excluding carboxylic acids is 3. The summed E-state index contributed by atoms with van der Waals surface area (Å²) in [5, 5.41) is 0.700. The maximum absolute atomic E-state index is 12.8. The van der Waals surface area contributed by atoms with E-state index in [0.29, 0.717) is 28.0 Å². The van der Waals surface area contributed by atoms with Crippen molar-refractivity contribution in [1.82, 2.24) is 14.4 Å². The average molecular weight is 478 g/mol. The third-order valence-electron chi connectivity index (χ3n) is 5.53. The molecule has 0 aliphatic carbocycles. The van der Waals surface area contributed by atoms with Crippen molar-refractivity contribution in [2.75, 3.05) is 19.6 Å². The topological polar surface area (TPSA) is 62.6 Å². The largest absolute Gasteiger partial charge is 0.341 e. The summed E-state index contributed by atoms with van der Waals surface area (Å²) in [6.45, 7) is 5.00. The van der Waals surface area contributed by atoms with Gasteiger partial charge in [0.25, 0.3) is 11.1 Å². The first-order chi connectivity index (χ1) is 14.8. The maximum atomic E-state index is 12.8. The minimum Gasteiger partial charge on any atom is -0.341 e. The minimum atomic E-state index is -0.437. The number of amides is 3. The van der Waals surface area contributed by atoms with Crippen molar-refractivity contribution in [2.24, 2.45) is 0 Å². The zero-order chi connectivity index (χ0) is 22.3. The van der Waals surface area contributed by atoms with Crippen LogP contribution in [0.15, 0.2) is 29.2 Å². The third kappa shape index (κ3) is 4.27. The van der Waals surface area contributed by atoms with E-state index >= 15 is 0 Å². The molecule has 0 N–H and O–H groups in total. The Morgan fingerprint density at radius 1 is 1.13 bits per heavy atom. The van der Waals surface area contributed by atoms with Gasteiger partial charge in [-0.05, 0) is 74.4 Å². The predicted molar refractivity (Wildman–Crippen MR) is 124 cm³/mol. The molecule has 0 spiro atoms. The van der Waals surface area contributed by atoms with Gasteiger partial charge in [-0.25, -0.2) is 0 Å². The normalized spacial score (nSPS) is 18.0. The molecule has 31 heavy (non-hydrogen) atoms. The lowest BCUT2D eigenvalue weighted by molar-refractivity contribution is -0.135. The van der Waals surface area contributed by atoms with Crippen molar-refractivity contribution in [2.45, 2.75) is 26.7 Å². The molecule has 2 aromatic rings. The number of hydrogen-bond donors (Lipinski definition) is 0. The van der Waals surface area contributed by atoms with Crippen LogP contribution in [-0.4, -0.2) is 51.1 Å². The number of likely N-dealkylation sites (tertiary alicyclic amines) is 1. The van der Waals surface area contributed by atoms with Gasteiger partial charge >= 0.3 is 0 Å². The van der Waals surface area contributed by atoms with Gasteiger partial charge in [-0.3, -0.25) is 19.3 Å². The van der Waals surface area contributed by atoms with Crippen LogP contribution < -0.4 is 0 Å². The Morgan fingerprint density at radius 3 is 2.55 bits per heavy atom. The van der Waals surface area contributed by atoms with Crippen molar-refractivity contribution in [3.63, 3.8) is 0 Å². The van der Waals surface area contributed by atoms with Crippen LogP contribution >= 0.6 is 35.0 Å². The zero-order valence-corrected chi connectivity index (χ0v) is 19.5. The highest BCUT2D eigenvalue weighted by molar-refractivity contribution is 8.18. The molecule has 3 amide bonds. The first-order valence-electron chi connectivity index (χ1n) is 9.94. The van der Waals surface area contributed by atoms with Crippen LogP contribution in [0.4, 0.5) is 4.79 Å². The van der Waals surface area contributed by atoms with Crippen molar-refractivity contribution in [3.05, 3.63) is 56.2 Å². The van der Waals surface area contributed by atoms with E-state index < -0.39 is 11.1 Å². The molecule has 0 unspecified atom stereocenters. The van der Waals surface area contributed by atoms with Gasteiger partial charge in [0.2, 0.25) is 5.91 Å². The molecule has 0 bridgehead atoms. The summed E-state index contributed by atoms with van der Waals surface area (Å²) < 4.78 is 1.96. The van der Waals surface area contributed by atoms with Gasteiger partial charge < -0.3 is 9.47 Å². The Labute approximate surface area is 194 Å². The van der Waals surface area contributed by atoms with E-state index in [0.717, 1.165) is 52.1 Å². The molecule has 1 aromatic carbocycles. The Kier molecular flexibility index (Phi) is 6.19. The number of hydrogen-bond acceptors (Lipinski definition) is 4. The van der Waals surface area contributed by atoms with E-state index in [-0.39, 0.29) is 12.5 Å². The summed E-state index contributed by atoms with van der Waals surface area (Å²) in [6, 6.07) is 7.17. The summed E-state index contributed by atoms with van der Waals surface area (Å²) >= 11 is 13.4. The lowest BCUT2D eigenvalue weighted by Gasteiger charge is -2.18. The van der Waals surface area contributed by atoms with Crippen molar-refractivity contribution in [3.8, 4) is 5.69 Å². The van der Waals surface area contributed by atoms with E-state index in [9.17, 15) is 14.4 Å². The quantitative estimate of drug-likeness (QED) is 0.577. The van der Waals surface area contributed by atoms with Gasteiger partial charge in [0, 0.05) is 29.5 Å². The lowest BCUT2D eigenvalue weighted by atomic mass is 10.2. The molecule has 0 radical (unpaired) electrons. The van der Waals surface area contributed by atoms with E-state index in [4.69, 9.17) is 23.2 Å². The zero-order valence-electron chi connectivity index (χ0n) is 17.2. The minimum absolute atomic E-state index is 0.185. The second-order valence-electron chi connectivity index (χ2n) is 7.61. The molecule has 0 saturated carbocycles. The molecule has 0 atom stereocenters. The monoisotopic (exact) mass is 477 g/mol. The first-order valence-corrected chi connectivity index (χ1v) is 11.5. The SMILES string of the molecule is Cc1cc(C=C2SC(=O)N(CC(=O)N3CCCC3)C2=O)c(C)n1-c1cc(Cl)ccc1Cl. The molecule has 2 aliphatic rings. The fourth-order valence-electron chi connectivity index (χ4n) is 3.94. The highest BCUT2D eigenvalue weighted by Gasteiger charge is 2.37. The second kappa shape index (κ2) is 8.73. The van der Waals surface area contributed by atoms with Crippen LogP contribution in [0.1, 0.15) is 29.8 Å². The second-order valence-corrected chi connectivity index (χ2v) is 9.45. The van der Waals surface area contributed by atoms with Crippen molar-refractivity contribution >= 4 is 58.1 Å². The number of halogens is 2. The maximum Gasteiger partial charge on any atom is 0.294 e. The summed E-state index contributed by atoms with van der Waals surface area (Å²) in [4.78, 5) is 40.7. The van der Waals surface area contributed by atoms with Crippen LogP contribution in [-0.2, 0) is 9.59 Å². The number of imide groups is 1. The number of aryl methyl sites for hydroxylation is 1. The standard InChI is InChI=1S/C22H21Cl2N3O3S/c1-13-9-15(14(2)27(13)18-11-16(23)5-6-17(18)24)10-19-21(29)26(22(30)31-19)12-20(28)25-7-3-4-8-25/h5-6,9-11H,3-4,7-8,12H2,1-2H3. The van der Waals surface area contributed by atoms with Crippen LogP contribution in [0, 0.1) is 13.8 Å². The molecule has 2 aliphatic heterocycles. The van der Waals surface area contributed by atoms with Gasteiger partial charge in [-0.2, -0.15) is 0 Å². The van der Waals surface area contributed by atoms with Crippen molar-refractivity contribution < 1.29 is 14.4 Å². The highest BCUT2D eigenvalue weighted by atomic mass is 35.5. The Balaban J connectivity index is 1.60. The smallest absolute Gasteiger partial charge is 0.294 e. The number of aromatic nitrogens is 1. The highest BCUT2D eigenvalue weighted by Crippen LogP contribution is 2.35. The molecule has 3 heterocycles. The number of rotatable bonds is 4. The molecule has 1 aromatic heterocycles. The summed E-state index contributed by atoms with van der Waals surface area (Å²) in [7, 11) is 0. The molecular weight excluding hydrogens is 457 g/mol. The van der Waals surface area contributed by atoms with Crippen LogP contribution in [0.3, 0.4) is 0 Å². The van der Waals surface area contributed by atoms with Gasteiger partial charge in [0.05, 0.1) is 15.6 Å². The average Bonchev–Trinajstić information content (AvgIpc) is 3.41. The van der Waals surface area contributed by atoms with Crippen LogP contribution in [0.5, 0.6) is 0 Å². The number of carbonyl (C=O) groups is 3. The predicted octanol–water partition coefficient (Wildman–Crippen LogP) is 5.06. The molecule has 6 nitrogen and oxygen atoms in total. The molecular formula is C22H21Cl2N3O3S. The lowest BCUT2D eigenvalue weighted by Crippen LogP contribution is -2.40. The van der Waals surface area contributed by atoms with Crippen LogP contribution in [0.2, 0.25) is 10.0 Å². The van der Waals surface area contributed by atoms with E-state index in [1.54, 1.807) is 29.2 Å². The fourth-order valence-corrected chi connectivity index (χ4v) is 5.14. The number of nitrogens with zero attached hydrogens (tertiary/aromatic N) is 3. The number of benzene rings is 1. The number of thioether (sulfide) groups is 1. The summed E-state index contributed by atoms with van der Waals surface area (Å²) in [5.41, 5.74) is 3.32. The first kappa shape index (κ1) is 22.0.